The molecular weight excluding hydrogens is 258 g/mol. The molecule has 1 N–H and O–H groups in total. The number of halogens is 1. The minimum Gasteiger partial charge on any atom is -0.495 e. The van der Waals surface area contributed by atoms with Gasteiger partial charge in [-0.25, -0.2) is 0 Å². The predicted molar refractivity (Wildman–Crippen MR) is 82.4 cm³/mol. The van der Waals surface area contributed by atoms with Crippen molar-refractivity contribution in [3.05, 3.63) is 22.7 Å². The number of nitrogens with one attached hydrogen (secondary N) is 1. The van der Waals surface area contributed by atoms with Gasteiger partial charge in [-0.15, -0.1) is 0 Å². The molecule has 0 spiro atoms. The molecule has 1 saturated carbocycles. The third kappa shape index (κ3) is 3.56. The Morgan fingerprint density at radius 2 is 2.11 bits per heavy atom. The summed E-state index contributed by atoms with van der Waals surface area (Å²) in [6.07, 6.45) is 5.05. The second kappa shape index (κ2) is 5.62. The zero-order valence-electron chi connectivity index (χ0n) is 12.3. The van der Waals surface area contributed by atoms with Crippen LogP contribution in [-0.4, -0.2) is 13.2 Å². The van der Waals surface area contributed by atoms with Crippen LogP contribution in [0, 0.1) is 12.3 Å². The normalized spacial score (nSPS) is 22.1. The van der Waals surface area contributed by atoms with E-state index in [2.05, 4.69) is 25.2 Å². The van der Waals surface area contributed by atoms with Gasteiger partial charge in [0, 0.05) is 17.1 Å². The van der Waals surface area contributed by atoms with Crippen LogP contribution in [0.15, 0.2) is 12.1 Å². The van der Waals surface area contributed by atoms with Crippen LogP contribution in [0.3, 0.4) is 0 Å². The Morgan fingerprint density at radius 3 is 2.74 bits per heavy atom. The summed E-state index contributed by atoms with van der Waals surface area (Å²) in [5.41, 5.74) is 2.58. The van der Waals surface area contributed by atoms with E-state index in [1.54, 1.807) is 7.11 Å². The molecule has 19 heavy (non-hydrogen) atoms. The summed E-state index contributed by atoms with van der Waals surface area (Å²) in [6, 6.07) is 4.51. The fraction of sp³-hybridized carbons (Fsp3) is 0.625. The molecule has 1 aromatic rings. The zero-order chi connectivity index (χ0) is 14.0. The lowest BCUT2D eigenvalue weighted by molar-refractivity contribution is 0.229. The second-order valence-corrected chi connectivity index (χ2v) is 6.81. The second-order valence-electron chi connectivity index (χ2n) is 6.40. The third-order valence-corrected chi connectivity index (χ3v) is 4.45. The molecule has 0 bridgehead atoms. The van der Waals surface area contributed by atoms with Crippen molar-refractivity contribution in [1.29, 1.82) is 0 Å². The molecule has 2 rings (SSSR count). The molecule has 106 valence electrons. The summed E-state index contributed by atoms with van der Waals surface area (Å²) >= 11 is 6.14. The monoisotopic (exact) mass is 281 g/mol. The molecule has 0 aliphatic heterocycles. The van der Waals surface area contributed by atoms with Crippen LogP contribution < -0.4 is 10.1 Å². The van der Waals surface area contributed by atoms with Crippen LogP contribution in [0.25, 0.3) is 0 Å². The number of methoxy groups -OCH3 is 1. The van der Waals surface area contributed by atoms with Crippen molar-refractivity contribution < 1.29 is 4.74 Å². The summed E-state index contributed by atoms with van der Waals surface area (Å²) in [4.78, 5) is 0. The summed E-state index contributed by atoms with van der Waals surface area (Å²) < 4.78 is 5.43. The van der Waals surface area contributed by atoms with E-state index in [0.29, 0.717) is 11.5 Å². The van der Waals surface area contributed by atoms with E-state index >= 15 is 0 Å². The summed E-state index contributed by atoms with van der Waals surface area (Å²) in [7, 11) is 1.69. The standard InChI is InChI=1S/C16H24ClNO/c1-11-8-14(15(19-4)9-13(11)17)18-12-6-5-7-16(2,3)10-12/h8-9,12,18H,5-7,10H2,1-4H3. The van der Waals surface area contributed by atoms with Gasteiger partial charge in [-0.2, -0.15) is 0 Å². The van der Waals surface area contributed by atoms with E-state index in [1.807, 2.05) is 13.0 Å². The lowest BCUT2D eigenvalue weighted by atomic mass is 9.75. The SMILES string of the molecule is COc1cc(Cl)c(C)cc1NC1CCCC(C)(C)C1. The molecule has 0 amide bonds. The van der Waals surface area contributed by atoms with Crippen LogP contribution in [0.5, 0.6) is 5.75 Å². The number of hydrogen-bond acceptors (Lipinski definition) is 2. The molecule has 1 atom stereocenters. The Hall–Kier alpha value is -0.890. The van der Waals surface area contributed by atoms with E-state index in [-0.39, 0.29) is 0 Å². The highest BCUT2D eigenvalue weighted by Crippen LogP contribution is 2.38. The Bertz CT molecular complexity index is 456. The number of aryl methyl sites for hydroxylation is 1. The van der Waals surface area contributed by atoms with E-state index in [0.717, 1.165) is 22.0 Å². The van der Waals surface area contributed by atoms with Crippen LogP contribution in [0.1, 0.15) is 45.1 Å². The number of anilines is 1. The van der Waals surface area contributed by atoms with Crippen molar-refractivity contribution in [2.45, 2.75) is 52.5 Å². The molecule has 0 saturated heterocycles. The molecule has 0 heterocycles. The van der Waals surface area contributed by atoms with Crippen LogP contribution in [0.4, 0.5) is 5.69 Å². The van der Waals surface area contributed by atoms with Crippen molar-refractivity contribution in [3.63, 3.8) is 0 Å². The summed E-state index contributed by atoms with van der Waals surface area (Å²) in [6.45, 7) is 6.73. The summed E-state index contributed by atoms with van der Waals surface area (Å²) in [5, 5.41) is 4.40. The van der Waals surface area contributed by atoms with Crippen molar-refractivity contribution >= 4 is 17.3 Å². The highest BCUT2D eigenvalue weighted by atomic mass is 35.5. The Kier molecular flexibility index (Phi) is 4.29. The first-order chi connectivity index (χ1) is 8.91. The maximum Gasteiger partial charge on any atom is 0.143 e. The molecule has 2 nitrogen and oxygen atoms in total. The largest absolute Gasteiger partial charge is 0.495 e. The third-order valence-electron chi connectivity index (χ3n) is 4.05. The highest BCUT2D eigenvalue weighted by molar-refractivity contribution is 6.31. The topological polar surface area (TPSA) is 21.3 Å². The van der Waals surface area contributed by atoms with E-state index in [4.69, 9.17) is 16.3 Å². The van der Waals surface area contributed by atoms with Crippen LogP contribution in [0.2, 0.25) is 5.02 Å². The molecule has 1 aliphatic rings. The minimum absolute atomic E-state index is 0.435. The predicted octanol–water partition coefficient (Wildman–Crippen LogP) is 5.04. The van der Waals surface area contributed by atoms with Crippen LogP contribution >= 0.6 is 11.6 Å². The Morgan fingerprint density at radius 1 is 1.37 bits per heavy atom. The van der Waals surface area contributed by atoms with Crippen molar-refractivity contribution in [3.8, 4) is 5.75 Å². The van der Waals surface area contributed by atoms with E-state index in [1.165, 1.54) is 25.7 Å². The molecule has 1 aliphatic carbocycles. The maximum absolute atomic E-state index is 6.14. The van der Waals surface area contributed by atoms with E-state index < -0.39 is 0 Å². The van der Waals surface area contributed by atoms with E-state index in [9.17, 15) is 0 Å². The zero-order valence-corrected chi connectivity index (χ0v) is 13.1. The Balaban J connectivity index is 2.16. The van der Waals surface area contributed by atoms with Gasteiger partial charge < -0.3 is 10.1 Å². The van der Waals surface area contributed by atoms with Crippen molar-refractivity contribution in [2.24, 2.45) is 5.41 Å². The first kappa shape index (κ1) is 14.5. The fourth-order valence-corrected chi connectivity index (χ4v) is 3.14. The van der Waals surface area contributed by atoms with Gasteiger partial charge in [0.25, 0.3) is 0 Å². The van der Waals surface area contributed by atoms with Gasteiger partial charge in [0.1, 0.15) is 5.75 Å². The molecular formula is C16H24ClNO. The molecule has 1 unspecified atom stereocenters. The smallest absolute Gasteiger partial charge is 0.143 e. The van der Waals surface area contributed by atoms with Gasteiger partial charge >= 0.3 is 0 Å². The number of hydrogen-bond donors (Lipinski definition) is 1. The Labute approximate surface area is 121 Å². The van der Waals surface area contributed by atoms with Crippen LogP contribution in [-0.2, 0) is 0 Å². The molecule has 1 fully saturated rings. The average molecular weight is 282 g/mol. The average Bonchev–Trinajstić information content (AvgIpc) is 2.32. The van der Waals surface area contributed by atoms with Gasteiger partial charge in [0.15, 0.2) is 0 Å². The first-order valence-electron chi connectivity index (χ1n) is 7.02. The number of ether oxygens (including phenoxy) is 1. The van der Waals surface area contributed by atoms with Gasteiger partial charge in [0.05, 0.1) is 12.8 Å². The lowest BCUT2D eigenvalue weighted by Crippen LogP contribution is -2.31. The van der Waals surface area contributed by atoms with Gasteiger partial charge in [-0.05, 0) is 43.2 Å². The lowest BCUT2D eigenvalue weighted by Gasteiger charge is -2.36. The molecule has 1 aromatic carbocycles. The number of benzene rings is 1. The summed E-state index contributed by atoms with van der Waals surface area (Å²) in [5.74, 6) is 0.832. The molecule has 0 aromatic heterocycles. The van der Waals surface area contributed by atoms with Gasteiger partial charge in [0.2, 0.25) is 0 Å². The van der Waals surface area contributed by atoms with Gasteiger partial charge in [-0.3, -0.25) is 0 Å². The fourth-order valence-electron chi connectivity index (χ4n) is 2.99. The van der Waals surface area contributed by atoms with Crippen molar-refractivity contribution in [1.82, 2.24) is 0 Å². The highest BCUT2D eigenvalue weighted by Gasteiger charge is 2.28. The van der Waals surface area contributed by atoms with Crippen molar-refractivity contribution in [2.75, 3.05) is 12.4 Å². The van der Waals surface area contributed by atoms with Gasteiger partial charge in [-0.1, -0.05) is 31.9 Å². The minimum atomic E-state index is 0.435. The molecule has 0 radical (unpaired) electrons. The first-order valence-corrected chi connectivity index (χ1v) is 7.40. The maximum atomic E-state index is 6.14. The quantitative estimate of drug-likeness (QED) is 0.838. The number of rotatable bonds is 3. The molecule has 3 heteroatoms.